The summed E-state index contributed by atoms with van der Waals surface area (Å²) < 4.78 is 14.1. The zero-order valence-electron chi connectivity index (χ0n) is 10.4. The maximum Gasteiger partial charge on any atom is 0.123 e. The van der Waals surface area contributed by atoms with Crippen molar-refractivity contribution in [1.29, 1.82) is 0 Å². The molecule has 0 saturated carbocycles. The smallest absolute Gasteiger partial charge is 0.123 e. The monoisotopic (exact) mass is 272 g/mol. The lowest BCUT2D eigenvalue weighted by Gasteiger charge is -2.25. The molecule has 3 heteroatoms. The molecule has 1 nitrogen and oxygen atoms in total. The predicted molar refractivity (Wildman–Crippen MR) is 76.9 cm³/mol. The molecule has 1 unspecified atom stereocenters. The van der Waals surface area contributed by atoms with Crippen LogP contribution in [-0.2, 0) is 5.60 Å². The molecule has 3 aromatic rings. The van der Waals surface area contributed by atoms with Crippen LogP contribution in [0.15, 0.2) is 53.9 Å². The number of halogens is 1. The molecule has 0 saturated heterocycles. The Morgan fingerprint density at radius 3 is 2.53 bits per heavy atom. The summed E-state index contributed by atoms with van der Waals surface area (Å²) in [6.07, 6.45) is 0. The molecule has 0 bridgehead atoms. The molecule has 2 aromatic carbocycles. The number of hydrogen-bond donors (Lipinski definition) is 1. The highest BCUT2D eigenvalue weighted by molar-refractivity contribution is 7.17. The Labute approximate surface area is 115 Å². The van der Waals surface area contributed by atoms with Crippen LogP contribution in [-0.4, -0.2) is 5.11 Å². The minimum atomic E-state index is -1.13. The Hall–Kier alpha value is -1.71. The van der Waals surface area contributed by atoms with Crippen LogP contribution in [0.3, 0.4) is 0 Å². The van der Waals surface area contributed by atoms with Crippen LogP contribution in [0.1, 0.15) is 18.1 Å². The molecule has 0 radical (unpaired) electrons. The molecule has 0 aliphatic carbocycles. The number of fused-ring (bicyclic) bond motifs is 1. The molecule has 0 fully saturated rings. The second-order valence-corrected chi connectivity index (χ2v) is 5.64. The third-order valence-electron chi connectivity index (χ3n) is 3.41. The summed E-state index contributed by atoms with van der Waals surface area (Å²) >= 11 is 1.60. The van der Waals surface area contributed by atoms with Gasteiger partial charge < -0.3 is 5.11 Å². The minimum absolute atomic E-state index is 0.297. The van der Waals surface area contributed by atoms with Gasteiger partial charge >= 0.3 is 0 Å². The van der Waals surface area contributed by atoms with E-state index in [1.807, 2.05) is 29.6 Å². The van der Waals surface area contributed by atoms with Gasteiger partial charge in [0.15, 0.2) is 0 Å². The Bertz CT molecular complexity index is 713. The van der Waals surface area contributed by atoms with E-state index in [1.165, 1.54) is 12.1 Å². The fourth-order valence-corrected chi connectivity index (χ4v) is 3.32. The highest BCUT2D eigenvalue weighted by atomic mass is 32.1. The molecule has 96 valence electrons. The number of benzene rings is 2. The first-order chi connectivity index (χ1) is 9.09. The SMILES string of the molecule is CC(O)(c1ccc(F)cc1)c1cccc2ccsc12. The number of thiophene rings is 1. The lowest BCUT2D eigenvalue weighted by atomic mass is 9.88. The standard InChI is InChI=1S/C16H13FOS/c1-16(18,12-5-7-13(17)8-6-12)14-4-2-3-11-9-10-19-15(11)14/h2-10,18H,1H3. The molecule has 1 atom stereocenters. The van der Waals surface area contributed by atoms with Crippen molar-refractivity contribution in [1.82, 2.24) is 0 Å². The maximum atomic E-state index is 13.0. The molecular formula is C16H13FOS. The Balaban J connectivity index is 2.18. The van der Waals surface area contributed by atoms with E-state index < -0.39 is 5.60 Å². The van der Waals surface area contributed by atoms with Gasteiger partial charge in [0.25, 0.3) is 0 Å². The van der Waals surface area contributed by atoms with Crippen LogP contribution in [0.2, 0.25) is 0 Å². The molecule has 1 aromatic heterocycles. The van der Waals surface area contributed by atoms with E-state index in [1.54, 1.807) is 30.4 Å². The molecule has 1 N–H and O–H groups in total. The van der Waals surface area contributed by atoms with Crippen LogP contribution in [0, 0.1) is 5.82 Å². The van der Waals surface area contributed by atoms with E-state index in [9.17, 15) is 9.50 Å². The molecule has 3 rings (SSSR count). The van der Waals surface area contributed by atoms with Crippen molar-refractivity contribution < 1.29 is 9.50 Å². The highest BCUT2D eigenvalue weighted by Crippen LogP contribution is 2.36. The summed E-state index contributed by atoms with van der Waals surface area (Å²) in [6, 6.07) is 13.9. The van der Waals surface area contributed by atoms with Crippen molar-refractivity contribution in [3.8, 4) is 0 Å². The van der Waals surface area contributed by atoms with Gasteiger partial charge in [0.05, 0.1) is 0 Å². The summed E-state index contributed by atoms with van der Waals surface area (Å²) in [5.74, 6) is -0.297. The van der Waals surface area contributed by atoms with E-state index >= 15 is 0 Å². The minimum Gasteiger partial charge on any atom is -0.381 e. The van der Waals surface area contributed by atoms with Gasteiger partial charge in [-0.25, -0.2) is 4.39 Å². The fourth-order valence-electron chi connectivity index (χ4n) is 2.31. The van der Waals surface area contributed by atoms with Gasteiger partial charge in [0.1, 0.15) is 11.4 Å². The normalized spacial score (nSPS) is 14.5. The zero-order chi connectivity index (χ0) is 13.5. The van der Waals surface area contributed by atoms with Gasteiger partial charge in [-0.1, -0.05) is 30.3 Å². The first-order valence-corrected chi connectivity index (χ1v) is 6.92. The van der Waals surface area contributed by atoms with Crippen LogP contribution < -0.4 is 0 Å². The van der Waals surface area contributed by atoms with Crippen LogP contribution >= 0.6 is 11.3 Å². The molecule has 19 heavy (non-hydrogen) atoms. The number of rotatable bonds is 2. The molecular weight excluding hydrogens is 259 g/mol. The zero-order valence-corrected chi connectivity index (χ0v) is 11.2. The first-order valence-electron chi connectivity index (χ1n) is 6.04. The molecule has 1 heterocycles. The quantitative estimate of drug-likeness (QED) is 0.737. The summed E-state index contributed by atoms with van der Waals surface area (Å²) in [5.41, 5.74) is 0.416. The van der Waals surface area contributed by atoms with Gasteiger partial charge in [0.2, 0.25) is 0 Å². The van der Waals surface area contributed by atoms with E-state index in [0.717, 1.165) is 15.6 Å². The largest absolute Gasteiger partial charge is 0.381 e. The Kier molecular flexibility index (Phi) is 2.88. The van der Waals surface area contributed by atoms with Crippen LogP contribution in [0.25, 0.3) is 10.1 Å². The van der Waals surface area contributed by atoms with Gasteiger partial charge in [-0.2, -0.15) is 0 Å². The van der Waals surface area contributed by atoms with E-state index in [4.69, 9.17) is 0 Å². The lowest BCUT2D eigenvalue weighted by Crippen LogP contribution is -2.22. The number of hydrogen-bond acceptors (Lipinski definition) is 2. The van der Waals surface area contributed by atoms with E-state index in [0.29, 0.717) is 5.56 Å². The average molecular weight is 272 g/mol. The molecule has 0 aliphatic rings. The fraction of sp³-hybridized carbons (Fsp3) is 0.125. The lowest BCUT2D eigenvalue weighted by molar-refractivity contribution is 0.104. The summed E-state index contributed by atoms with van der Waals surface area (Å²) in [6.45, 7) is 1.74. The van der Waals surface area contributed by atoms with Crippen molar-refractivity contribution in [2.24, 2.45) is 0 Å². The van der Waals surface area contributed by atoms with E-state index in [2.05, 4.69) is 0 Å². The highest BCUT2D eigenvalue weighted by Gasteiger charge is 2.27. The second kappa shape index (κ2) is 4.44. The van der Waals surface area contributed by atoms with Gasteiger partial charge in [-0.3, -0.25) is 0 Å². The summed E-state index contributed by atoms with van der Waals surface area (Å²) in [5, 5.41) is 14.0. The third-order valence-corrected chi connectivity index (χ3v) is 4.37. The Morgan fingerprint density at radius 2 is 1.79 bits per heavy atom. The summed E-state index contributed by atoms with van der Waals surface area (Å²) in [4.78, 5) is 0. The van der Waals surface area contributed by atoms with Crippen molar-refractivity contribution in [3.05, 3.63) is 70.9 Å². The first kappa shape index (κ1) is 12.3. The maximum absolute atomic E-state index is 13.0. The second-order valence-electron chi connectivity index (χ2n) is 4.72. The Morgan fingerprint density at radius 1 is 1.05 bits per heavy atom. The van der Waals surface area contributed by atoms with Crippen LogP contribution in [0.5, 0.6) is 0 Å². The predicted octanol–water partition coefficient (Wildman–Crippen LogP) is 4.30. The topological polar surface area (TPSA) is 20.2 Å². The average Bonchev–Trinajstić information content (AvgIpc) is 2.87. The molecule has 0 amide bonds. The molecule has 0 aliphatic heterocycles. The number of aliphatic hydroxyl groups is 1. The molecule has 0 spiro atoms. The van der Waals surface area contributed by atoms with Crippen molar-refractivity contribution in [3.63, 3.8) is 0 Å². The summed E-state index contributed by atoms with van der Waals surface area (Å²) in [7, 11) is 0. The van der Waals surface area contributed by atoms with Gasteiger partial charge in [-0.05, 0) is 41.5 Å². The van der Waals surface area contributed by atoms with Gasteiger partial charge in [0, 0.05) is 10.3 Å². The van der Waals surface area contributed by atoms with E-state index in [-0.39, 0.29) is 5.82 Å². The van der Waals surface area contributed by atoms with Crippen molar-refractivity contribution in [2.45, 2.75) is 12.5 Å². The van der Waals surface area contributed by atoms with Crippen molar-refractivity contribution in [2.75, 3.05) is 0 Å². The van der Waals surface area contributed by atoms with Crippen LogP contribution in [0.4, 0.5) is 4.39 Å². The van der Waals surface area contributed by atoms with Gasteiger partial charge in [-0.15, -0.1) is 11.3 Å². The third kappa shape index (κ3) is 2.05. The van der Waals surface area contributed by atoms with Crippen molar-refractivity contribution >= 4 is 21.4 Å².